The quantitative estimate of drug-likeness (QED) is 0.804. The maximum Gasteiger partial charge on any atom is 0.195 e. The summed E-state index contributed by atoms with van der Waals surface area (Å²) in [7, 11) is 0. The molecule has 2 aromatic rings. The van der Waals surface area contributed by atoms with E-state index in [0.29, 0.717) is 4.77 Å². The average Bonchev–Trinajstić information content (AvgIpc) is 2.64. The molecule has 90 valence electrons. The number of benzene rings is 1. The molecular formula is C12H15N3OS. The highest BCUT2D eigenvalue weighted by Crippen LogP contribution is 2.29. The predicted octanol–water partition coefficient (Wildman–Crippen LogP) is 3.20. The van der Waals surface area contributed by atoms with Crippen LogP contribution in [0.15, 0.2) is 18.2 Å². The fourth-order valence-corrected chi connectivity index (χ4v) is 2.18. The molecular weight excluding hydrogens is 234 g/mol. The Bertz CT molecular complexity index is 598. The van der Waals surface area contributed by atoms with Crippen molar-refractivity contribution in [3.05, 3.63) is 28.5 Å². The lowest BCUT2D eigenvalue weighted by Gasteiger charge is -2.12. The van der Waals surface area contributed by atoms with Crippen molar-refractivity contribution < 1.29 is 5.11 Å². The van der Waals surface area contributed by atoms with E-state index in [1.54, 1.807) is 12.1 Å². The summed E-state index contributed by atoms with van der Waals surface area (Å²) in [5, 5.41) is 16.8. The standard InChI is InChI=1S/C12H15N3OS/c1-7(2)15-11(13-14-12(15)17)9-5-4-6-10(16)8(9)3/h4-7,16H,1-3H3,(H,14,17). The second kappa shape index (κ2) is 4.33. The summed E-state index contributed by atoms with van der Waals surface area (Å²) in [6.07, 6.45) is 0. The molecule has 0 bridgehead atoms. The van der Waals surface area contributed by atoms with Crippen LogP contribution in [0.4, 0.5) is 0 Å². The van der Waals surface area contributed by atoms with Crippen molar-refractivity contribution in [3.63, 3.8) is 0 Å². The van der Waals surface area contributed by atoms with Crippen LogP contribution in [0.25, 0.3) is 11.4 Å². The lowest BCUT2D eigenvalue weighted by molar-refractivity contribution is 0.471. The zero-order valence-electron chi connectivity index (χ0n) is 10.1. The summed E-state index contributed by atoms with van der Waals surface area (Å²) in [4.78, 5) is 0. The van der Waals surface area contributed by atoms with Crippen LogP contribution in [0.2, 0.25) is 0 Å². The Morgan fingerprint density at radius 2 is 2.12 bits per heavy atom. The molecule has 1 aromatic carbocycles. The van der Waals surface area contributed by atoms with Crippen molar-refractivity contribution in [3.8, 4) is 17.1 Å². The van der Waals surface area contributed by atoms with E-state index >= 15 is 0 Å². The van der Waals surface area contributed by atoms with Crippen LogP contribution < -0.4 is 0 Å². The molecule has 4 nitrogen and oxygen atoms in total. The molecule has 0 aliphatic heterocycles. The van der Waals surface area contributed by atoms with Crippen molar-refractivity contribution >= 4 is 12.2 Å². The van der Waals surface area contributed by atoms with Crippen molar-refractivity contribution in [1.82, 2.24) is 14.8 Å². The molecule has 5 heteroatoms. The van der Waals surface area contributed by atoms with Crippen LogP contribution in [0.1, 0.15) is 25.5 Å². The van der Waals surface area contributed by atoms with E-state index in [0.717, 1.165) is 17.0 Å². The topological polar surface area (TPSA) is 53.8 Å². The number of aromatic hydroxyl groups is 1. The van der Waals surface area contributed by atoms with Gasteiger partial charge in [-0.15, -0.1) is 0 Å². The van der Waals surface area contributed by atoms with Crippen molar-refractivity contribution in [2.45, 2.75) is 26.8 Å². The largest absolute Gasteiger partial charge is 0.508 e. The van der Waals surface area contributed by atoms with E-state index in [2.05, 4.69) is 10.2 Å². The van der Waals surface area contributed by atoms with Gasteiger partial charge in [-0.1, -0.05) is 12.1 Å². The first-order chi connectivity index (χ1) is 8.02. The molecule has 2 rings (SSSR count). The van der Waals surface area contributed by atoms with E-state index in [4.69, 9.17) is 12.2 Å². The van der Waals surface area contributed by atoms with Gasteiger partial charge >= 0.3 is 0 Å². The smallest absolute Gasteiger partial charge is 0.195 e. The van der Waals surface area contributed by atoms with Gasteiger partial charge < -0.3 is 5.11 Å². The third kappa shape index (κ3) is 1.98. The number of phenols is 1. The molecule has 0 aliphatic rings. The Balaban J connectivity index is 2.69. The monoisotopic (exact) mass is 249 g/mol. The Labute approximate surface area is 105 Å². The lowest BCUT2D eigenvalue weighted by Crippen LogP contribution is -2.04. The summed E-state index contributed by atoms with van der Waals surface area (Å²) < 4.78 is 2.54. The van der Waals surface area contributed by atoms with Crippen molar-refractivity contribution in [1.29, 1.82) is 0 Å². The molecule has 0 saturated carbocycles. The van der Waals surface area contributed by atoms with Gasteiger partial charge in [0.25, 0.3) is 0 Å². The Hall–Kier alpha value is -1.62. The van der Waals surface area contributed by atoms with Crippen LogP contribution in [0, 0.1) is 11.7 Å². The number of phenolic OH excluding ortho intramolecular Hbond substituents is 1. The second-order valence-corrected chi connectivity index (χ2v) is 4.65. The summed E-state index contributed by atoms with van der Waals surface area (Å²) in [6, 6.07) is 5.62. The number of aromatic nitrogens is 3. The van der Waals surface area contributed by atoms with E-state index < -0.39 is 0 Å². The van der Waals surface area contributed by atoms with Crippen LogP contribution in [0.3, 0.4) is 0 Å². The number of rotatable bonds is 2. The number of hydrogen-bond acceptors (Lipinski definition) is 3. The van der Waals surface area contributed by atoms with E-state index in [9.17, 15) is 5.11 Å². The highest BCUT2D eigenvalue weighted by molar-refractivity contribution is 7.71. The summed E-state index contributed by atoms with van der Waals surface area (Å²) in [5.74, 6) is 1.03. The average molecular weight is 249 g/mol. The highest BCUT2D eigenvalue weighted by atomic mass is 32.1. The first kappa shape index (κ1) is 11.9. The van der Waals surface area contributed by atoms with Gasteiger partial charge in [0.05, 0.1) is 0 Å². The molecule has 0 radical (unpaired) electrons. The number of aromatic amines is 1. The fraction of sp³-hybridized carbons (Fsp3) is 0.333. The van der Waals surface area contributed by atoms with Gasteiger partial charge in [0.1, 0.15) is 5.75 Å². The molecule has 0 unspecified atom stereocenters. The molecule has 0 fully saturated rings. The van der Waals surface area contributed by atoms with Crippen LogP contribution in [-0.4, -0.2) is 19.9 Å². The predicted molar refractivity (Wildman–Crippen MR) is 69.6 cm³/mol. The van der Waals surface area contributed by atoms with Gasteiger partial charge in [-0.2, -0.15) is 5.10 Å². The number of hydrogen-bond donors (Lipinski definition) is 2. The maximum atomic E-state index is 9.72. The summed E-state index contributed by atoms with van der Waals surface area (Å²) >= 11 is 5.21. The molecule has 0 saturated heterocycles. The summed E-state index contributed by atoms with van der Waals surface area (Å²) in [5.41, 5.74) is 1.70. The number of H-pyrrole nitrogens is 1. The van der Waals surface area contributed by atoms with Crippen molar-refractivity contribution in [2.24, 2.45) is 0 Å². The van der Waals surface area contributed by atoms with E-state index in [-0.39, 0.29) is 11.8 Å². The van der Waals surface area contributed by atoms with Gasteiger partial charge in [-0.3, -0.25) is 9.67 Å². The minimum atomic E-state index is 0.220. The molecule has 1 heterocycles. The molecule has 0 atom stereocenters. The normalized spacial score (nSPS) is 11.1. The molecule has 1 aromatic heterocycles. The van der Waals surface area contributed by atoms with Crippen molar-refractivity contribution in [2.75, 3.05) is 0 Å². The van der Waals surface area contributed by atoms with Gasteiger partial charge in [0, 0.05) is 17.2 Å². The van der Waals surface area contributed by atoms with E-state index in [1.807, 2.05) is 31.4 Å². The minimum Gasteiger partial charge on any atom is -0.508 e. The minimum absolute atomic E-state index is 0.220. The fourth-order valence-electron chi connectivity index (χ4n) is 1.84. The molecule has 2 N–H and O–H groups in total. The summed E-state index contributed by atoms with van der Waals surface area (Å²) in [6.45, 7) is 5.97. The van der Waals surface area contributed by atoms with Gasteiger partial charge in [-0.05, 0) is 39.1 Å². The lowest BCUT2D eigenvalue weighted by atomic mass is 10.1. The zero-order valence-corrected chi connectivity index (χ0v) is 10.9. The van der Waals surface area contributed by atoms with Crippen LogP contribution in [0.5, 0.6) is 5.75 Å². The van der Waals surface area contributed by atoms with Gasteiger partial charge in [0.2, 0.25) is 0 Å². The molecule has 17 heavy (non-hydrogen) atoms. The zero-order chi connectivity index (χ0) is 12.6. The van der Waals surface area contributed by atoms with Gasteiger partial charge in [0.15, 0.2) is 10.6 Å². The molecule has 0 aliphatic carbocycles. The van der Waals surface area contributed by atoms with Gasteiger partial charge in [-0.25, -0.2) is 0 Å². The molecule has 0 amide bonds. The second-order valence-electron chi connectivity index (χ2n) is 4.27. The first-order valence-corrected chi connectivity index (χ1v) is 5.89. The number of nitrogens with one attached hydrogen (secondary N) is 1. The Morgan fingerprint density at radius 1 is 1.41 bits per heavy atom. The Kier molecular flexibility index (Phi) is 3.02. The maximum absolute atomic E-state index is 9.72. The van der Waals surface area contributed by atoms with Crippen LogP contribution in [-0.2, 0) is 0 Å². The number of nitrogens with zero attached hydrogens (tertiary/aromatic N) is 2. The molecule has 0 spiro atoms. The first-order valence-electron chi connectivity index (χ1n) is 5.48. The third-order valence-corrected chi connectivity index (χ3v) is 3.05. The Morgan fingerprint density at radius 3 is 2.76 bits per heavy atom. The third-order valence-electron chi connectivity index (χ3n) is 2.77. The van der Waals surface area contributed by atoms with E-state index in [1.165, 1.54) is 0 Å². The SMILES string of the molecule is Cc1c(O)cccc1-c1n[nH]c(=S)n1C(C)C. The van der Waals surface area contributed by atoms with Crippen LogP contribution >= 0.6 is 12.2 Å². The highest BCUT2D eigenvalue weighted by Gasteiger charge is 2.14.